The minimum atomic E-state index is 0.183. The number of fused-ring (bicyclic) bond motifs is 11. The quantitative estimate of drug-likeness (QED) is 0.167. The Morgan fingerprint density at radius 3 is 1.69 bits per heavy atom. The minimum absolute atomic E-state index is 0.183. The van der Waals surface area contributed by atoms with E-state index in [2.05, 4.69) is 185 Å². The first kappa shape index (κ1) is 28.2. The molecule has 2 aliphatic heterocycles. The molecule has 12 rings (SSSR count). The minimum Gasteiger partial charge on any atom is -0.310 e. The lowest BCUT2D eigenvalue weighted by molar-refractivity contribution is 1.14. The predicted molar refractivity (Wildman–Crippen MR) is 220 cm³/mol. The summed E-state index contributed by atoms with van der Waals surface area (Å²) in [4.78, 5) is 0. The molecular weight excluding hydrogens is 627 g/mol. The predicted octanol–water partition coefficient (Wildman–Crippen LogP) is 9.95. The van der Waals surface area contributed by atoms with Gasteiger partial charge in [0.25, 0.3) is 0 Å². The second kappa shape index (κ2) is 10.5. The highest BCUT2D eigenvalue weighted by Gasteiger charge is 2.40. The molecule has 3 heteroatoms. The number of hydrogen-bond acceptors (Lipinski definition) is 0. The molecule has 2 nitrogen and oxygen atoms in total. The summed E-state index contributed by atoms with van der Waals surface area (Å²) in [7, 11) is 0. The van der Waals surface area contributed by atoms with E-state index in [1.807, 2.05) is 0 Å². The van der Waals surface area contributed by atoms with Crippen LogP contribution in [0.2, 0.25) is 0 Å². The first-order valence-corrected chi connectivity index (χ1v) is 18.3. The molecule has 0 atom stereocenters. The maximum absolute atomic E-state index is 2.64. The average molecular weight is 659 g/mol. The van der Waals surface area contributed by atoms with Crippen LogP contribution in [0.15, 0.2) is 176 Å². The molecule has 0 unspecified atom stereocenters. The van der Waals surface area contributed by atoms with Gasteiger partial charge in [-0.05, 0) is 57.8 Å². The van der Waals surface area contributed by atoms with Crippen LogP contribution in [0.1, 0.15) is 11.1 Å². The molecular formula is C49H31BN2. The zero-order valence-electron chi connectivity index (χ0n) is 28.4. The summed E-state index contributed by atoms with van der Waals surface area (Å²) >= 11 is 0. The van der Waals surface area contributed by atoms with Crippen LogP contribution in [0.5, 0.6) is 0 Å². The van der Waals surface area contributed by atoms with Gasteiger partial charge in [-0.1, -0.05) is 163 Å². The van der Waals surface area contributed by atoms with E-state index in [9.17, 15) is 0 Å². The number of rotatable bonds is 3. The largest absolute Gasteiger partial charge is 0.310 e. The van der Waals surface area contributed by atoms with Crippen LogP contribution >= 0.6 is 0 Å². The lowest BCUT2D eigenvalue weighted by Gasteiger charge is -2.34. The highest BCUT2D eigenvalue weighted by atomic mass is 15.0. The first-order chi connectivity index (χ1) is 25.8. The van der Waals surface area contributed by atoms with Gasteiger partial charge in [-0.25, -0.2) is 0 Å². The summed E-state index contributed by atoms with van der Waals surface area (Å²) in [6.45, 7) is 0.183. The van der Waals surface area contributed by atoms with E-state index in [1.165, 1.54) is 105 Å². The summed E-state index contributed by atoms with van der Waals surface area (Å²) in [5, 5.41) is 5.14. The van der Waals surface area contributed by atoms with Crippen molar-refractivity contribution >= 4 is 66.7 Å². The fourth-order valence-electron chi connectivity index (χ4n) is 9.77. The van der Waals surface area contributed by atoms with Crippen molar-refractivity contribution in [2.45, 2.75) is 6.42 Å². The molecule has 0 saturated heterocycles. The topological polar surface area (TPSA) is 9.86 Å². The SMILES string of the molecule is c1ccc(-c2cccc3c4cccc(-c5ccccc5)c4n(-c4cc5c6c7c4c4ccccc4n7-c4ccccc4B6c4ccccc4C5)c23)cc1. The van der Waals surface area contributed by atoms with Crippen LogP contribution in [0.4, 0.5) is 0 Å². The van der Waals surface area contributed by atoms with E-state index >= 15 is 0 Å². The molecule has 0 N–H and O–H groups in total. The van der Waals surface area contributed by atoms with Crippen LogP contribution in [-0.2, 0) is 6.42 Å². The molecule has 10 aromatic rings. The van der Waals surface area contributed by atoms with Crippen molar-refractivity contribution in [2.24, 2.45) is 0 Å². The Labute approximate surface area is 301 Å². The van der Waals surface area contributed by atoms with Crippen LogP contribution in [0, 0.1) is 0 Å². The number of hydrogen-bond donors (Lipinski definition) is 0. The summed E-state index contributed by atoms with van der Waals surface area (Å²) < 4.78 is 5.22. The third-order valence-electron chi connectivity index (χ3n) is 11.8. The third kappa shape index (κ3) is 3.65. The summed E-state index contributed by atoms with van der Waals surface area (Å²) in [6, 6.07) is 65.4. The van der Waals surface area contributed by atoms with Crippen molar-refractivity contribution in [3.63, 3.8) is 0 Å². The summed E-state index contributed by atoms with van der Waals surface area (Å²) in [5.41, 5.74) is 19.6. The van der Waals surface area contributed by atoms with Crippen molar-refractivity contribution < 1.29 is 0 Å². The Morgan fingerprint density at radius 1 is 0.404 bits per heavy atom. The van der Waals surface area contributed by atoms with Crippen LogP contribution in [0.3, 0.4) is 0 Å². The van der Waals surface area contributed by atoms with Gasteiger partial charge in [-0.2, -0.15) is 0 Å². The molecule has 52 heavy (non-hydrogen) atoms. The Hall–Kier alpha value is -6.58. The number of nitrogens with zero attached hydrogens (tertiary/aromatic N) is 2. The molecule has 0 aliphatic carbocycles. The zero-order chi connectivity index (χ0) is 33.9. The van der Waals surface area contributed by atoms with Crippen LogP contribution in [-0.4, -0.2) is 15.8 Å². The normalized spacial score (nSPS) is 12.9. The van der Waals surface area contributed by atoms with Crippen LogP contribution < -0.4 is 16.4 Å². The maximum atomic E-state index is 2.64. The fourth-order valence-corrected chi connectivity index (χ4v) is 9.77. The highest BCUT2D eigenvalue weighted by molar-refractivity contribution is 6.99. The Balaban J connectivity index is 1.34. The zero-order valence-corrected chi connectivity index (χ0v) is 28.4. The molecule has 0 spiro atoms. The van der Waals surface area contributed by atoms with Crippen LogP contribution in [0.25, 0.3) is 77.2 Å². The highest BCUT2D eigenvalue weighted by Crippen LogP contribution is 2.46. The smallest absolute Gasteiger partial charge is 0.247 e. The number of benzene rings is 8. The standard InChI is InChI=1S/C49H31BN2/c1-3-15-31(16-4-1)35-21-13-23-37-38-24-14-22-36(32-17-5-2-6-18-32)48(38)52(47(35)37)44-30-34-29-33-19-7-9-25-40(33)50-41-26-10-12-28-43(41)51-42-27-11-8-20-39(42)45(44)49(51)46(34)50/h1-28,30H,29H2. The summed E-state index contributed by atoms with van der Waals surface area (Å²) in [6.07, 6.45) is 0.906. The van der Waals surface area contributed by atoms with Gasteiger partial charge in [0, 0.05) is 38.4 Å². The number of aromatic nitrogens is 2. The van der Waals surface area contributed by atoms with E-state index < -0.39 is 0 Å². The molecule has 2 aliphatic rings. The molecule has 8 aromatic carbocycles. The van der Waals surface area contributed by atoms with Crippen molar-refractivity contribution in [1.29, 1.82) is 0 Å². The Kier molecular flexibility index (Phi) is 5.67. The van der Waals surface area contributed by atoms with E-state index in [-0.39, 0.29) is 6.71 Å². The van der Waals surface area contributed by atoms with Gasteiger partial charge in [0.15, 0.2) is 0 Å². The van der Waals surface area contributed by atoms with Crippen molar-refractivity contribution in [1.82, 2.24) is 9.13 Å². The third-order valence-corrected chi connectivity index (χ3v) is 11.8. The van der Waals surface area contributed by atoms with Crippen molar-refractivity contribution in [3.05, 3.63) is 187 Å². The van der Waals surface area contributed by atoms with Gasteiger partial charge in [0.1, 0.15) is 0 Å². The van der Waals surface area contributed by atoms with Crippen molar-refractivity contribution in [3.8, 4) is 33.6 Å². The molecule has 0 bridgehead atoms. The molecule has 4 heterocycles. The van der Waals surface area contributed by atoms with Gasteiger partial charge >= 0.3 is 0 Å². The lowest BCUT2D eigenvalue weighted by Crippen LogP contribution is -2.60. The molecule has 240 valence electrons. The molecule has 0 fully saturated rings. The van der Waals surface area contributed by atoms with E-state index in [4.69, 9.17) is 0 Å². The monoisotopic (exact) mass is 658 g/mol. The fraction of sp³-hybridized carbons (Fsp3) is 0.0204. The van der Waals surface area contributed by atoms with Crippen molar-refractivity contribution in [2.75, 3.05) is 0 Å². The molecule has 0 radical (unpaired) electrons. The summed E-state index contributed by atoms with van der Waals surface area (Å²) in [5.74, 6) is 0. The molecule has 2 aromatic heterocycles. The van der Waals surface area contributed by atoms with E-state index in [0.717, 1.165) is 6.42 Å². The van der Waals surface area contributed by atoms with E-state index in [0.29, 0.717) is 0 Å². The second-order valence-corrected chi connectivity index (χ2v) is 14.4. The molecule has 0 amide bonds. The van der Waals surface area contributed by atoms with Gasteiger partial charge < -0.3 is 9.13 Å². The van der Waals surface area contributed by atoms with Gasteiger partial charge in [-0.3, -0.25) is 0 Å². The lowest BCUT2D eigenvalue weighted by atomic mass is 9.32. The molecule has 0 saturated carbocycles. The maximum Gasteiger partial charge on any atom is 0.247 e. The van der Waals surface area contributed by atoms with Gasteiger partial charge in [-0.15, -0.1) is 0 Å². The first-order valence-electron chi connectivity index (χ1n) is 18.3. The van der Waals surface area contributed by atoms with Gasteiger partial charge in [0.05, 0.1) is 27.8 Å². The van der Waals surface area contributed by atoms with E-state index in [1.54, 1.807) is 0 Å². The van der Waals surface area contributed by atoms with Gasteiger partial charge in [0.2, 0.25) is 6.71 Å². The Bertz CT molecular complexity index is 3000. The average Bonchev–Trinajstić information content (AvgIpc) is 3.75. The Morgan fingerprint density at radius 2 is 0.981 bits per heavy atom. The second-order valence-electron chi connectivity index (χ2n) is 14.4. The number of para-hydroxylation sites is 4.